The Morgan fingerprint density at radius 2 is 1.70 bits per heavy atom. The minimum atomic E-state index is 0.374. The van der Waals surface area contributed by atoms with Crippen molar-refractivity contribution in [2.24, 2.45) is 0 Å². The maximum atomic E-state index is 3.68. The van der Waals surface area contributed by atoms with Gasteiger partial charge in [0.05, 0.1) is 0 Å². The normalized spacial score (nSPS) is 12.4. The van der Waals surface area contributed by atoms with Crippen LogP contribution >= 0.6 is 0 Å². The third kappa shape index (κ3) is 4.00. The maximum Gasteiger partial charge on any atom is 0.0297 e. The first-order chi connectivity index (χ1) is 11.2. The van der Waals surface area contributed by atoms with Crippen molar-refractivity contribution in [3.8, 4) is 0 Å². The Morgan fingerprint density at radius 1 is 0.913 bits per heavy atom. The zero-order valence-corrected chi connectivity index (χ0v) is 14.0. The summed E-state index contributed by atoms with van der Waals surface area (Å²) < 4.78 is 0. The molecule has 0 saturated carbocycles. The quantitative estimate of drug-likeness (QED) is 0.599. The zero-order chi connectivity index (χ0) is 16.1. The van der Waals surface area contributed by atoms with E-state index in [1.54, 1.807) is 0 Å². The van der Waals surface area contributed by atoms with Gasteiger partial charge in [-0.25, -0.2) is 0 Å². The highest BCUT2D eigenvalue weighted by Gasteiger charge is 2.08. The molecule has 0 radical (unpaired) electrons. The molecule has 3 rings (SSSR count). The summed E-state index contributed by atoms with van der Waals surface area (Å²) in [6.45, 7) is 5.46. The van der Waals surface area contributed by atoms with Gasteiger partial charge in [0.1, 0.15) is 0 Å². The van der Waals surface area contributed by atoms with Crippen LogP contribution in [0.5, 0.6) is 0 Å². The molecule has 3 aromatic carbocycles. The molecule has 23 heavy (non-hydrogen) atoms. The van der Waals surface area contributed by atoms with E-state index in [0.717, 1.165) is 13.0 Å². The van der Waals surface area contributed by atoms with Gasteiger partial charge in [0.25, 0.3) is 0 Å². The number of benzene rings is 3. The van der Waals surface area contributed by atoms with Crippen molar-refractivity contribution in [1.82, 2.24) is 5.32 Å². The van der Waals surface area contributed by atoms with Crippen LogP contribution in [0, 0.1) is 6.92 Å². The molecule has 1 unspecified atom stereocenters. The highest BCUT2D eigenvalue weighted by Crippen LogP contribution is 2.23. The summed E-state index contributed by atoms with van der Waals surface area (Å²) >= 11 is 0. The minimum Gasteiger partial charge on any atom is -0.310 e. The molecule has 0 fully saturated rings. The molecule has 1 nitrogen and oxygen atoms in total. The fourth-order valence-electron chi connectivity index (χ4n) is 3.22. The van der Waals surface area contributed by atoms with Gasteiger partial charge in [-0.3, -0.25) is 0 Å². The van der Waals surface area contributed by atoms with Gasteiger partial charge in [-0.2, -0.15) is 0 Å². The Bertz CT molecular complexity index is 770. The van der Waals surface area contributed by atoms with E-state index >= 15 is 0 Å². The fraction of sp³-hybridized carbons (Fsp3) is 0.273. The van der Waals surface area contributed by atoms with E-state index in [1.807, 2.05) is 0 Å². The van der Waals surface area contributed by atoms with E-state index in [9.17, 15) is 0 Å². The molecule has 1 N–H and O–H groups in total. The molecule has 0 saturated heterocycles. The first-order valence-corrected chi connectivity index (χ1v) is 8.50. The molecule has 0 amide bonds. The molecule has 1 atom stereocenters. The number of hydrogen-bond donors (Lipinski definition) is 1. The number of nitrogens with one attached hydrogen (secondary N) is 1. The minimum absolute atomic E-state index is 0.374. The lowest BCUT2D eigenvalue weighted by Crippen LogP contribution is -2.20. The molecule has 0 spiro atoms. The molecule has 3 aromatic rings. The molecule has 118 valence electrons. The molecule has 0 aliphatic carbocycles. The van der Waals surface area contributed by atoms with E-state index in [2.05, 4.69) is 85.9 Å². The van der Waals surface area contributed by atoms with Gasteiger partial charge in [-0.15, -0.1) is 0 Å². The lowest BCUT2D eigenvalue weighted by molar-refractivity contribution is 0.561. The Labute approximate surface area is 139 Å². The molecule has 0 aliphatic heterocycles. The van der Waals surface area contributed by atoms with Crippen LogP contribution in [0.2, 0.25) is 0 Å². The smallest absolute Gasteiger partial charge is 0.0297 e. The Balaban J connectivity index is 1.57. The van der Waals surface area contributed by atoms with Gasteiger partial charge in [-0.05, 0) is 55.1 Å². The van der Waals surface area contributed by atoms with Crippen LogP contribution in [0.4, 0.5) is 0 Å². The predicted octanol–water partition coefficient (Wildman–Crippen LogP) is 5.43. The standard InChI is InChI=1S/C22H25N/c1-17-8-5-9-19(16-17)10-7-15-23-18(2)21-14-6-12-20-11-3-4-13-22(20)21/h3-6,8-9,11-14,16,18,23H,7,10,15H2,1-2H3. The summed E-state index contributed by atoms with van der Waals surface area (Å²) in [5.41, 5.74) is 4.17. The Hall–Kier alpha value is -2.12. The van der Waals surface area contributed by atoms with Crippen LogP contribution in [-0.2, 0) is 6.42 Å². The highest BCUT2D eigenvalue weighted by molar-refractivity contribution is 5.86. The van der Waals surface area contributed by atoms with Crippen molar-refractivity contribution in [2.75, 3.05) is 6.54 Å². The maximum absolute atomic E-state index is 3.68. The van der Waals surface area contributed by atoms with Crippen molar-refractivity contribution < 1.29 is 0 Å². The van der Waals surface area contributed by atoms with Crippen LogP contribution in [0.1, 0.15) is 36.1 Å². The second-order valence-electron chi connectivity index (χ2n) is 6.34. The molecular formula is C22H25N. The molecule has 0 bridgehead atoms. The number of fused-ring (bicyclic) bond motifs is 1. The summed E-state index contributed by atoms with van der Waals surface area (Å²) in [6.07, 6.45) is 2.30. The zero-order valence-electron chi connectivity index (χ0n) is 14.0. The van der Waals surface area contributed by atoms with Crippen molar-refractivity contribution in [3.05, 3.63) is 83.4 Å². The van der Waals surface area contributed by atoms with E-state index < -0.39 is 0 Å². The third-order valence-electron chi connectivity index (χ3n) is 4.47. The first-order valence-electron chi connectivity index (χ1n) is 8.50. The molecular weight excluding hydrogens is 278 g/mol. The second kappa shape index (κ2) is 7.43. The van der Waals surface area contributed by atoms with E-state index in [4.69, 9.17) is 0 Å². The number of aryl methyl sites for hydroxylation is 2. The van der Waals surface area contributed by atoms with Gasteiger partial charge >= 0.3 is 0 Å². The lowest BCUT2D eigenvalue weighted by atomic mass is 9.99. The van der Waals surface area contributed by atoms with Crippen molar-refractivity contribution in [2.45, 2.75) is 32.7 Å². The SMILES string of the molecule is Cc1cccc(CCCNC(C)c2cccc3ccccc23)c1. The average molecular weight is 303 g/mol. The third-order valence-corrected chi connectivity index (χ3v) is 4.47. The lowest BCUT2D eigenvalue weighted by Gasteiger charge is -2.16. The summed E-state index contributed by atoms with van der Waals surface area (Å²) in [4.78, 5) is 0. The van der Waals surface area contributed by atoms with Crippen molar-refractivity contribution >= 4 is 10.8 Å². The van der Waals surface area contributed by atoms with Crippen LogP contribution in [-0.4, -0.2) is 6.54 Å². The van der Waals surface area contributed by atoms with E-state index in [-0.39, 0.29) is 0 Å². The number of rotatable bonds is 6. The second-order valence-corrected chi connectivity index (χ2v) is 6.34. The predicted molar refractivity (Wildman–Crippen MR) is 99.9 cm³/mol. The largest absolute Gasteiger partial charge is 0.310 e. The molecule has 0 heterocycles. The first kappa shape index (κ1) is 15.8. The van der Waals surface area contributed by atoms with Crippen molar-refractivity contribution in [3.63, 3.8) is 0 Å². The van der Waals surface area contributed by atoms with Crippen LogP contribution in [0.3, 0.4) is 0 Å². The van der Waals surface area contributed by atoms with Gasteiger partial charge in [0.2, 0.25) is 0 Å². The molecule has 1 heteroatoms. The summed E-state index contributed by atoms with van der Waals surface area (Å²) in [7, 11) is 0. The van der Waals surface area contributed by atoms with Gasteiger partial charge in [-0.1, -0.05) is 72.3 Å². The highest BCUT2D eigenvalue weighted by atomic mass is 14.9. The van der Waals surface area contributed by atoms with Gasteiger partial charge in [0.15, 0.2) is 0 Å². The van der Waals surface area contributed by atoms with Crippen LogP contribution in [0.15, 0.2) is 66.7 Å². The van der Waals surface area contributed by atoms with E-state index in [0.29, 0.717) is 6.04 Å². The average Bonchev–Trinajstić information content (AvgIpc) is 2.58. The molecule has 0 aliphatic rings. The van der Waals surface area contributed by atoms with Crippen LogP contribution < -0.4 is 5.32 Å². The Morgan fingerprint density at radius 3 is 2.57 bits per heavy atom. The monoisotopic (exact) mass is 303 g/mol. The molecule has 0 aromatic heterocycles. The van der Waals surface area contributed by atoms with Gasteiger partial charge < -0.3 is 5.32 Å². The number of hydrogen-bond acceptors (Lipinski definition) is 1. The van der Waals surface area contributed by atoms with E-state index in [1.165, 1.54) is 33.9 Å². The summed E-state index contributed by atoms with van der Waals surface area (Å²) in [5, 5.41) is 6.35. The fourth-order valence-corrected chi connectivity index (χ4v) is 3.22. The Kier molecular flexibility index (Phi) is 5.09. The van der Waals surface area contributed by atoms with Crippen molar-refractivity contribution in [1.29, 1.82) is 0 Å². The van der Waals surface area contributed by atoms with Gasteiger partial charge in [0, 0.05) is 6.04 Å². The topological polar surface area (TPSA) is 12.0 Å². The summed E-state index contributed by atoms with van der Waals surface area (Å²) in [5.74, 6) is 0. The van der Waals surface area contributed by atoms with Crippen LogP contribution in [0.25, 0.3) is 10.8 Å². The summed E-state index contributed by atoms with van der Waals surface area (Å²) in [6, 6.07) is 24.4.